The van der Waals surface area contributed by atoms with E-state index < -0.39 is 6.43 Å². The minimum Gasteiger partial charge on any atom is -0.299 e. The standard InChI is InChI=1S/C11H13Cl2F2N/c1-16(7-11(14)15)6-10(13)8-3-2-4-9(12)5-8/h2-5,10-11H,6-7H2,1H3. The minimum absolute atomic E-state index is 0.274. The summed E-state index contributed by atoms with van der Waals surface area (Å²) in [7, 11) is 1.62. The smallest absolute Gasteiger partial charge is 0.251 e. The maximum Gasteiger partial charge on any atom is 0.251 e. The predicted octanol–water partition coefficient (Wildman–Crippen LogP) is 3.82. The van der Waals surface area contributed by atoms with Gasteiger partial charge in [0.1, 0.15) is 0 Å². The van der Waals surface area contributed by atoms with Crippen molar-refractivity contribution in [3.8, 4) is 0 Å². The summed E-state index contributed by atoms with van der Waals surface area (Å²) in [4.78, 5) is 1.50. The Balaban J connectivity index is 2.55. The highest BCUT2D eigenvalue weighted by atomic mass is 35.5. The molecule has 90 valence electrons. The van der Waals surface area contributed by atoms with Crippen LogP contribution in [0.4, 0.5) is 8.78 Å². The average molecular weight is 268 g/mol. The van der Waals surface area contributed by atoms with Crippen molar-refractivity contribution in [1.82, 2.24) is 4.90 Å². The Hall–Kier alpha value is -0.380. The van der Waals surface area contributed by atoms with Gasteiger partial charge in [-0.3, -0.25) is 4.90 Å². The summed E-state index contributed by atoms with van der Waals surface area (Å²) in [6, 6.07) is 7.12. The monoisotopic (exact) mass is 267 g/mol. The second-order valence-corrected chi connectivity index (χ2v) is 4.60. The molecule has 0 heterocycles. The van der Waals surface area contributed by atoms with Gasteiger partial charge in [0.15, 0.2) is 0 Å². The molecule has 5 heteroatoms. The highest BCUT2D eigenvalue weighted by molar-refractivity contribution is 6.30. The summed E-state index contributed by atoms with van der Waals surface area (Å²) < 4.78 is 24.2. The van der Waals surface area contributed by atoms with E-state index in [0.29, 0.717) is 11.6 Å². The molecule has 0 amide bonds. The number of benzene rings is 1. The van der Waals surface area contributed by atoms with Crippen LogP contribution >= 0.6 is 23.2 Å². The topological polar surface area (TPSA) is 3.24 Å². The molecule has 0 fully saturated rings. The van der Waals surface area contributed by atoms with Gasteiger partial charge < -0.3 is 0 Å². The van der Waals surface area contributed by atoms with E-state index in [2.05, 4.69) is 0 Å². The zero-order valence-electron chi connectivity index (χ0n) is 8.84. The first-order chi connectivity index (χ1) is 7.49. The predicted molar refractivity (Wildman–Crippen MR) is 63.5 cm³/mol. The first kappa shape index (κ1) is 13.7. The number of hydrogen-bond donors (Lipinski definition) is 0. The van der Waals surface area contributed by atoms with E-state index in [-0.39, 0.29) is 11.9 Å². The van der Waals surface area contributed by atoms with Gasteiger partial charge in [-0.05, 0) is 24.7 Å². The van der Waals surface area contributed by atoms with Gasteiger partial charge in [-0.25, -0.2) is 8.78 Å². The zero-order valence-corrected chi connectivity index (χ0v) is 10.3. The molecule has 0 aliphatic carbocycles. The van der Waals surface area contributed by atoms with Crippen LogP contribution in [0.5, 0.6) is 0 Å². The van der Waals surface area contributed by atoms with Crippen molar-refractivity contribution in [1.29, 1.82) is 0 Å². The molecule has 0 aliphatic heterocycles. The third kappa shape index (κ3) is 4.64. The molecule has 0 radical (unpaired) electrons. The molecule has 0 spiro atoms. The van der Waals surface area contributed by atoms with Crippen LogP contribution < -0.4 is 0 Å². The van der Waals surface area contributed by atoms with Crippen LogP contribution in [0.1, 0.15) is 10.9 Å². The van der Waals surface area contributed by atoms with E-state index in [1.54, 1.807) is 25.2 Å². The molecule has 16 heavy (non-hydrogen) atoms. The highest BCUT2D eigenvalue weighted by Gasteiger charge is 2.14. The summed E-state index contributed by atoms with van der Waals surface area (Å²) in [6.07, 6.45) is -2.34. The van der Waals surface area contributed by atoms with E-state index in [1.807, 2.05) is 6.07 Å². The highest BCUT2D eigenvalue weighted by Crippen LogP contribution is 2.24. The van der Waals surface area contributed by atoms with Crippen LogP contribution in [0.2, 0.25) is 5.02 Å². The quantitative estimate of drug-likeness (QED) is 0.734. The SMILES string of the molecule is CN(CC(F)F)CC(Cl)c1cccc(Cl)c1. The molecule has 0 aliphatic rings. The summed E-state index contributed by atoms with van der Waals surface area (Å²) >= 11 is 11.9. The Labute approximate surface area is 104 Å². The fraction of sp³-hybridized carbons (Fsp3) is 0.455. The molecule has 0 saturated carbocycles. The number of rotatable bonds is 5. The van der Waals surface area contributed by atoms with Crippen molar-refractivity contribution in [2.24, 2.45) is 0 Å². The molecule has 0 N–H and O–H groups in total. The molecular weight excluding hydrogens is 255 g/mol. The summed E-state index contributed by atoms with van der Waals surface area (Å²) in [5.74, 6) is 0. The molecule has 1 aromatic carbocycles. The van der Waals surface area contributed by atoms with Crippen molar-refractivity contribution in [3.63, 3.8) is 0 Å². The first-order valence-electron chi connectivity index (χ1n) is 4.85. The molecule has 0 saturated heterocycles. The summed E-state index contributed by atoms with van der Waals surface area (Å²) in [5.41, 5.74) is 0.843. The number of likely N-dealkylation sites (N-methyl/N-ethyl adjacent to an activating group) is 1. The van der Waals surface area contributed by atoms with E-state index in [4.69, 9.17) is 23.2 Å². The third-order valence-corrected chi connectivity index (χ3v) is 2.76. The van der Waals surface area contributed by atoms with Gasteiger partial charge in [-0.1, -0.05) is 23.7 Å². The van der Waals surface area contributed by atoms with Crippen LogP contribution in [0.15, 0.2) is 24.3 Å². The largest absolute Gasteiger partial charge is 0.299 e. The molecule has 1 aromatic rings. The van der Waals surface area contributed by atoms with Gasteiger partial charge in [0.05, 0.1) is 11.9 Å². The van der Waals surface area contributed by atoms with Crippen LogP contribution in [-0.2, 0) is 0 Å². The molecule has 1 nitrogen and oxygen atoms in total. The third-order valence-electron chi connectivity index (χ3n) is 2.13. The van der Waals surface area contributed by atoms with Crippen molar-refractivity contribution >= 4 is 23.2 Å². The molecule has 1 atom stereocenters. The lowest BCUT2D eigenvalue weighted by atomic mass is 10.1. The average Bonchev–Trinajstić information content (AvgIpc) is 2.16. The number of alkyl halides is 3. The van der Waals surface area contributed by atoms with Crippen molar-refractivity contribution in [2.45, 2.75) is 11.8 Å². The van der Waals surface area contributed by atoms with Crippen LogP contribution in [0.3, 0.4) is 0 Å². The lowest BCUT2D eigenvalue weighted by Crippen LogP contribution is -2.27. The van der Waals surface area contributed by atoms with Gasteiger partial charge in [0.2, 0.25) is 0 Å². The van der Waals surface area contributed by atoms with E-state index >= 15 is 0 Å². The maximum atomic E-state index is 12.1. The fourth-order valence-corrected chi connectivity index (χ4v) is 1.96. The van der Waals surface area contributed by atoms with Crippen LogP contribution in [-0.4, -0.2) is 31.5 Å². The van der Waals surface area contributed by atoms with Gasteiger partial charge in [0, 0.05) is 11.6 Å². The first-order valence-corrected chi connectivity index (χ1v) is 5.66. The van der Waals surface area contributed by atoms with Crippen LogP contribution in [0.25, 0.3) is 0 Å². The molecule has 1 unspecified atom stereocenters. The lowest BCUT2D eigenvalue weighted by molar-refractivity contribution is 0.100. The normalized spacial score (nSPS) is 13.4. The van der Waals surface area contributed by atoms with E-state index in [9.17, 15) is 8.78 Å². The maximum absolute atomic E-state index is 12.1. The Morgan fingerprint density at radius 2 is 2.00 bits per heavy atom. The molecule has 0 bridgehead atoms. The molecular formula is C11H13Cl2F2N. The van der Waals surface area contributed by atoms with Crippen molar-refractivity contribution in [2.75, 3.05) is 20.1 Å². The second kappa shape index (κ2) is 6.38. The van der Waals surface area contributed by atoms with E-state index in [0.717, 1.165) is 5.56 Å². The Morgan fingerprint density at radius 3 is 2.56 bits per heavy atom. The number of halogens is 4. The Morgan fingerprint density at radius 1 is 1.31 bits per heavy atom. The van der Waals surface area contributed by atoms with Crippen LogP contribution in [0, 0.1) is 0 Å². The van der Waals surface area contributed by atoms with Gasteiger partial charge >= 0.3 is 0 Å². The van der Waals surface area contributed by atoms with Gasteiger partial charge in [-0.2, -0.15) is 0 Å². The Bertz CT molecular complexity index is 334. The molecule has 1 rings (SSSR count). The number of hydrogen-bond acceptors (Lipinski definition) is 1. The second-order valence-electron chi connectivity index (χ2n) is 3.63. The van der Waals surface area contributed by atoms with E-state index in [1.165, 1.54) is 4.90 Å². The zero-order chi connectivity index (χ0) is 12.1. The van der Waals surface area contributed by atoms with Gasteiger partial charge in [0.25, 0.3) is 6.43 Å². The fourth-order valence-electron chi connectivity index (χ4n) is 1.39. The van der Waals surface area contributed by atoms with Crippen molar-refractivity contribution in [3.05, 3.63) is 34.9 Å². The molecule has 0 aromatic heterocycles. The summed E-state index contributed by atoms with van der Waals surface area (Å²) in [6.45, 7) is 0.0933. The summed E-state index contributed by atoms with van der Waals surface area (Å²) in [5, 5.41) is 0.266. The van der Waals surface area contributed by atoms with Crippen molar-refractivity contribution < 1.29 is 8.78 Å². The van der Waals surface area contributed by atoms with Gasteiger partial charge in [-0.15, -0.1) is 11.6 Å². The minimum atomic E-state index is -2.34. The Kier molecular flexibility index (Phi) is 5.46. The lowest BCUT2D eigenvalue weighted by Gasteiger charge is -2.19. The number of nitrogens with zero attached hydrogens (tertiary/aromatic N) is 1.